The largest absolute Gasteiger partial charge is 0.493 e. The van der Waals surface area contributed by atoms with E-state index >= 15 is 0 Å². The van der Waals surface area contributed by atoms with Crippen LogP contribution in [0.4, 0.5) is 0 Å². The van der Waals surface area contributed by atoms with Crippen LogP contribution in [0.15, 0.2) is 18.2 Å². The van der Waals surface area contributed by atoms with E-state index in [1.54, 1.807) is 32.0 Å². The Hall–Kier alpha value is -2.28. The lowest BCUT2D eigenvalue weighted by atomic mass is 10.0. The van der Waals surface area contributed by atoms with Crippen LogP contribution in [-0.2, 0) is 14.3 Å². The summed E-state index contributed by atoms with van der Waals surface area (Å²) in [6, 6.07) is 4.32. The summed E-state index contributed by atoms with van der Waals surface area (Å²) in [5.74, 6) is -0.395. The predicted molar refractivity (Wildman–Crippen MR) is 83.8 cm³/mol. The Labute approximate surface area is 135 Å². The number of carbonyl (C=O) groups is 2. The molecule has 0 aromatic heterocycles. The van der Waals surface area contributed by atoms with Gasteiger partial charge in [-0.3, -0.25) is 9.59 Å². The molecule has 0 bridgehead atoms. The number of nitrogens with one attached hydrogen (secondary N) is 1. The fourth-order valence-electron chi connectivity index (χ4n) is 2.11. The van der Waals surface area contributed by atoms with E-state index in [0.29, 0.717) is 23.7 Å². The third-order valence-electron chi connectivity index (χ3n) is 3.29. The molecule has 1 aromatic carbocycles. The van der Waals surface area contributed by atoms with Crippen molar-refractivity contribution in [3.63, 3.8) is 0 Å². The van der Waals surface area contributed by atoms with Crippen molar-refractivity contribution in [3.05, 3.63) is 23.8 Å². The van der Waals surface area contributed by atoms with E-state index in [1.807, 2.05) is 0 Å². The lowest BCUT2D eigenvalue weighted by molar-refractivity contribution is -0.138. The summed E-state index contributed by atoms with van der Waals surface area (Å²) < 4.78 is 15.6. The Morgan fingerprint density at radius 3 is 2.39 bits per heavy atom. The zero-order chi connectivity index (χ0) is 17.4. The summed E-state index contributed by atoms with van der Waals surface area (Å²) >= 11 is 0. The number of hydrogen-bond acceptors (Lipinski definition) is 5. The van der Waals surface area contributed by atoms with Gasteiger partial charge >= 0.3 is 5.97 Å². The van der Waals surface area contributed by atoms with Gasteiger partial charge in [-0.15, -0.1) is 0 Å². The highest BCUT2D eigenvalue weighted by molar-refractivity contribution is 5.81. The molecule has 0 radical (unpaired) electrons. The Bertz CT molecular complexity index is 545. The Morgan fingerprint density at radius 1 is 1.22 bits per heavy atom. The van der Waals surface area contributed by atoms with Crippen LogP contribution in [0.2, 0.25) is 0 Å². The van der Waals surface area contributed by atoms with Gasteiger partial charge < -0.3 is 24.6 Å². The van der Waals surface area contributed by atoms with E-state index < -0.39 is 18.1 Å². The van der Waals surface area contributed by atoms with Crippen molar-refractivity contribution in [2.24, 2.45) is 0 Å². The molecule has 2 atom stereocenters. The zero-order valence-corrected chi connectivity index (χ0v) is 13.8. The molecule has 0 saturated carbocycles. The average Bonchev–Trinajstić information content (AvgIpc) is 2.53. The van der Waals surface area contributed by atoms with Crippen molar-refractivity contribution in [1.82, 2.24) is 5.32 Å². The molecule has 0 spiro atoms. The first-order valence-electron chi connectivity index (χ1n) is 7.28. The minimum atomic E-state index is -1.02. The Kier molecular flexibility index (Phi) is 7.34. The molecule has 0 saturated heterocycles. The van der Waals surface area contributed by atoms with Gasteiger partial charge in [-0.2, -0.15) is 0 Å². The molecule has 0 aliphatic carbocycles. The highest BCUT2D eigenvalue weighted by atomic mass is 16.5. The standard InChI is InChI=1S/C16H23NO6/c1-5-23-10(2)16(20)17-12(9-15(18)19)11-6-7-13(21-3)14(8-11)22-4/h6-8,10,12H,5,9H2,1-4H3,(H,17,20)(H,18,19). The molecule has 1 aromatic rings. The number of benzene rings is 1. The van der Waals surface area contributed by atoms with Gasteiger partial charge in [-0.05, 0) is 31.5 Å². The normalized spacial score (nSPS) is 13.0. The van der Waals surface area contributed by atoms with E-state index in [9.17, 15) is 9.59 Å². The number of methoxy groups -OCH3 is 2. The summed E-state index contributed by atoms with van der Waals surface area (Å²) in [6.45, 7) is 3.80. The second-order valence-electron chi connectivity index (χ2n) is 4.87. The van der Waals surface area contributed by atoms with Crippen LogP contribution in [0, 0.1) is 0 Å². The van der Waals surface area contributed by atoms with Gasteiger partial charge in [0, 0.05) is 6.61 Å². The molecule has 7 heteroatoms. The first-order valence-corrected chi connectivity index (χ1v) is 7.28. The molecule has 1 rings (SSSR count). The van der Waals surface area contributed by atoms with Gasteiger partial charge in [0.1, 0.15) is 6.10 Å². The Balaban J connectivity index is 3.02. The lowest BCUT2D eigenvalue weighted by Gasteiger charge is -2.21. The summed E-state index contributed by atoms with van der Waals surface area (Å²) in [5.41, 5.74) is 0.613. The monoisotopic (exact) mass is 325 g/mol. The van der Waals surface area contributed by atoms with Crippen LogP contribution in [0.1, 0.15) is 31.9 Å². The van der Waals surface area contributed by atoms with Gasteiger partial charge in [0.25, 0.3) is 0 Å². The smallest absolute Gasteiger partial charge is 0.305 e. The average molecular weight is 325 g/mol. The van der Waals surface area contributed by atoms with Crippen LogP contribution >= 0.6 is 0 Å². The molecule has 7 nitrogen and oxygen atoms in total. The maximum atomic E-state index is 12.1. The minimum Gasteiger partial charge on any atom is -0.493 e. The number of amides is 1. The van der Waals surface area contributed by atoms with E-state index in [0.717, 1.165) is 0 Å². The second-order valence-corrected chi connectivity index (χ2v) is 4.87. The number of carbonyl (C=O) groups excluding carboxylic acids is 1. The van der Waals surface area contributed by atoms with Crippen molar-refractivity contribution in [3.8, 4) is 11.5 Å². The van der Waals surface area contributed by atoms with Gasteiger partial charge in [0.05, 0.1) is 26.7 Å². The zero-order valence-electron chi connectivity index (χ0n) is 13.8. The molecule has 2 unspecified atom stereocenters. The second kappa shape index (κ2) is 8.99. The molecule has 2 N–H and O–H groups in total. The fraction of sp³-hybridized carbons (Fsp3) is 0.500. The fourth-order valence-corrected chi connectivity index (χ4v) is 2.11. The first-order chi connectivity index (χ1) is 10.9. The topological polar surface area (TPSA) is 94.1 Å². The summed E-state index contributed by atoms with van der Waals surface area (Å²) in [7, 11) is 3.00. The van der Waals surface area contributed by atoms with E-state index in [4.69, 9.17) is 19.3 Å². The van der Waals surface area contributed by atoms with Crippen LogP contribution in [0.25, 0.3) is 0 Å². The molecular formula is C16H23NO6. The van der Waals surface area contributed by atoms with Gasteiger partial charge in [0.2, 0.25) is 5.91 Å². The Morgan fingerprint density at radius 2 is 1.87 bits per heavy atom. The van der Waals surface area contributed by atoms with Crippen molar-refractivity contribution in [1.29, 1.82) is 0 Å². The maximum absolute atomic E-state index is 12.1. The third kappa shape index (κ3) is 5.45. The summed E-state index contributed by atoms with van der Waals surface area (Å²) in [5, 5.41) is 11.8. The predicted octanol–water partition coefficient (Wildman–Crippen LogP) is 1.76. The van der Waals surface area contributed by atoms with E-state index in [1.165, 1.54) is 14.2 Å². The van der Waals surface area contributed by atoms with Crippen molar-refractivity contribution < 1.29 is 28.9 Å². The number of carboxylic acids is 1. The molecule has 0 heterocycles. The number of carboxylic acid groups (broad SMARTS) is 1. The molecule has 0 aliphatic rings. The summed E-state index contributed by atoms with van der Waals surface area (Å²) in [6.07, 6.45) is -0.906. The van der Waals surface area contributed by atoms with Crippen molar-refractivity contribution in [2.75, 3.05) is 20.8 Å². The van der Waals surface area contributed by atoms with Crippen LogP contribution < -0.4 is 14.8 Å². The third-order valence-corrected chi connectivity index (χ3v) is 3.29. The van der Waals surface area contributed by atoms with Crippen molar-refractivity contribution in [2.45, 2.75) is 32.4 Å². The number of rotatable bonds is 9. The van der Waals surface area contributed by atoms with Gasteiger partial charge in [-0.25, -0.2) is 0 Å². The van der Waals surface area contributed by atoms with E-state index in [-0.39, 0.29) is 12.3 Å². The molecule has 1 amide bonds. The quantitative estimate of drug-likeness (QED) is 0.718. The van der Waals surface area contributed by atoms with E-state index in [2.05, 4.69) is 5.32 Å². The first kappa shape index (κ1) is 18.8. The van der Waals surface area contributed by atoms with Crippen LogP contribution in [0.5, 0.6) is 11.5 Å². The summed E-state index contributed by atoms with van der Waals surface area (Å²) in [4.78, 5) is 23.2. The maximum Gasteiger partial charge on any atom is 0.305 e. The van der Waals surface area contributed by atoms with Gasteiger partial charge in [0.15, 0.2) is 11.5 Å². The number of aliphatic carboxylic acids is 1. The van der Waals surface area contributed by atoms with Gasteiger partial charge in [-0.1, -0.05) is 6.07 Å². The molecule has 0 fully saturated rings. The highest BCUT2D eigenvalue weighted by Gasteiger charge is 2.22. The minimum absolute atomic E-state index is 0.250. The molecule has 23 heavy (non-hydrogen) atoms. The molecular weight excluding hydrogens is 302 g/mol. The number of hydrogen-bond donors (Lipinski definition) is 2. The molecule has 128 valence electrons. The number of ether oxygens (including phenoxy) is 3. The van der Waals surface area contributed by atoms with Crippen LogP contribution in [-0.4, -0.2) is 43.9 Å². The van der Waals surface area contributed by atoms with Crippen LogP contribution in [0.3, 0.4) is 0 Å². The molecule has 0 aliphatic heterocycles. The highest BCUT2D eigenvalue weighted by Crippen LogP contribution is 2.31. The SMILES string of the molecule is CCOC(C)C(=O)NC(CC(=O)O)c1ccc(OC)c(OC)c1. The van der Waals surface area contributed by atoms with Crippen molar-refractivity contribution >= 4 is 11.9 Å². The lowest BCUT2D eigenvalue weighted by Crippen LogP contribution is -2.38.